The number of hydrogen-bond donors (Lipinski definition) is 1. The lowest BCUT2D eigenvalue weighted by Gasteiger charge is -2.17. The number of aliphatic hydroxyl groups is 1. The summed E-state index contributed by atoms with van der Waals surface area (Å²) >= 11 is 7.64. The van der Waals surface area contributed by atoms with E-state index in [0.29, 0.717) is 5.02 Å². The molecule has 0 aliphatic heterocycles. The Bertz CT molecular complexity index is 1150. The van der Waals surface area contributed by atoms with Crippen molar-refractivity contribution in [3.8, 4) is 22.9 Å². The van der Waals surface area contributed by atoms with Crippen LogP contribution in [0.15, 0.2) is 76.9 Å². The number of aromatic nitrogens is 4. The van der Waals surface area contributed by atoms with Crippen molar-refractivity contribution in [3.63, 3.8) is 0 Å². The van der Waals surface area contributed by atoms with E-state index in [9.17, 15) is 5.11 Å². The van der Waals surface area contributed by atoms with Crippen molar-refractivity contribution in [2.75, 3.05) is 0 Å². The number of imidazole rings is 1. The summed E-state index contributed by atoms with van der Waals surface area (Å²) in [5.41, 5.74) is 2.09. The SMILES string of the molecule is Cn1c(-c2ccccn2)nc(-c2ccc(C(C)(C)O)cn2)c1Sc1ccc(Cl)cc1. The van der Waals surface area contributed by atoms with Crippen LogP contribution in [0.2, 0.25) is 5.02 Å². The maximum absolute atomic E-state index is 10.2. The van der Waals surface area contributed by atoms with Crippen LogP contribution in [0.5, 0.6) is 0 Å². The van der Waals surface area contributed by atoms with Crippen LogP contribution in [0.1, 0.15) is 19.4 Å². The minimum atomic E-state index is -0.949. The third-order valence-electron chi connectivity index (χ3n) is 4.68. The molecule has 0 unspecified atom stereocenters. The molecule has 0 atom stereocenters. The second-order valence-electron chi connectivity index (χ2n) is 7.41. The Morgan fingerprint density at radius 2 is 1.73 bits per heavy atom. The summed E-state index contributed by atoms with van der Waals surface area (Å²) in [6, 6.07) is 17.2. The maximum atomic E-state index is 10.2. The molecule has 7 heteroatoms. The molecule has 0 saturated heterocycles. The van der Waals surface area contributed by atoms with Gasteiger partial charge < -0.3 is 9.67 Å². The summed E-state index contributed by atoms with van der Waals surface area (Å²) in [5.74, 6) is 0.760. The van der Waals surface area contributed by atoms with Crippen molar-refractivity contribution >= 4 is 23.4 Å². The van der Waals surface area contributed by atoms with Gasteiger partial charge in [0.1, 0.15) is 16.4 Å². The Balaban J connectivity index is 1.82. The third kappa shape index (κ3) is 4.26. The number of rotatable bonds is 5. The second kappa shape index (κ2) is 8.22. The van der Waals surface area contributed by atoms with Gasteiger partial charge in [-0.25, -0.2) is 4.98 Å². The predicted molar refractivity (Wildman–Crippen MR) is 120 cm³/mol. The van der Waals surface area contributed by atoms with Crippen molar-refractivity contribution in [2.24, 2.45) is 7.05 Å². The number of pyridine rings is 2. The summed E-state index contributed by atoms with van der Waals surface area (Å²) in [6.07, 6.45) is 3.45. The average molecular weight is 437 g/mol. The Morgan fingerprint density at radius 3 is 2.33 bits per heavy atom. The van der Waals surface area contributed by atoms with Gasteiger partial charge in [0.05, 0.1) is 11.3 Å². The Kier molecular flexibility index (Phi) is 5.64. The molecule has 0 fully saturated rings. The molecule has 0 bridgehead atoms. The largest absolute Gasteiger partial charge is 0.386 e. The van der Waals surface area contributed by atoms with E-state index in [-0.39, 0.29) is 0 Å². The number of hydrogen-bond acceptors (Lipinski definition) is 5. The molecule has 152 valence electrons. The van der Waals surface area contributed by atoms with Gasteiger partial charge in [-0.3, -0.25) is 9.97 Å². The van der Waals surface area contributed by atoms with Gasteiger partial charge in [0.2, 0.25) is 0 Å². The molecule has 4 rings (SSSR count). The maximum Gasteiger partial charge on any atom is 0.160 e. The normalized spacial score (nSPS) is 11.6. The van der Waals surface area contributed by atoms with Gasteiger partial charge in [0, 0.05) is 34.9 Å². The third-order valence-corrected chi connectivity index (χ3v) is 6.10. The Labute approximate surface area is 184 Å². The summed E-state index contributed by atoms with van der Waals surface area (Å²) in [7, 11) is 1.98. The van der Waals surface area contributed by atoms with Crippen LogP contribution in [-0.4, -0.2) is 24.6 Å². The minimum Gasteiger partial charge on any atom is -0.386 e. The molecular formula is C23H21ClN4OS. The van der Waals surface area contributed by atoms with Crippen LogP contribution < -0.4 is 0 Å². The second-order valence-corrected chi connectivity index (χ2v) is 8.91. The highest BCUT2D eigenvalue weighted by molar-refractivity contribution is 7.99. The molecule has 4 aromatic rings. The predicted octanol–water partition coefficient (Wildman–Crippen LogP) is 5.58. The van der Waals surface area contributed by atoms with E-state index < -0.39 is 5.60 Å². The molecule has 0 aliphatic rings. The van der Waals surface area contributed by atoms with Crippen LogP contribution in [0, 0.1) is 0 Å². The highest BCUT2D eigenvalue weighted by Gasteiger charge is 2.22. The fourth-order valence-electron chi connectivity index (χ4n) is 3.00. The van der Waals surface area contributed by atoms with E-state index in [1.165, 1.54) is 0 Å². The Morgan fingerprint density at radius 1 is 0.967 bits per heavy atom. The number of nitrogens with zero attached hydrogens (tertiary/aromatic N) is 4. The molecule has 5 nitrogen and oxygen atoms in total. The zero-order valence-corrected chi connectivity index (χ0v) is 18.4. The first-order chi connectivity index (χ1) is 14.3. The standard InChI is InChI=1S/C23H21ClN4OS/c1-23(2,29)15-7-12-18(26-14-15)20-22(30-17-10-8-16(24)9-11-17)28(3)21(27-20)19-6-4-5-13-25-19/h4-14,29H,1-3H3. The highest BCUT2D eigenvalue weighted by Crippen LogP contribution is 2.38. The first-order valence-electron chi connectivity index (χ1n) is 9.44. The molecule has 0 saturated carbocycles. The summed E-state index contributed by atoms with van der Waals surface area (Å²) in [6.45, 7) is 3.48. The van der Waals surface area contributed by atoms with E-state index in [1.54, 1.807) is 38.0 Å². The molecule has 0 aliphatic carbocycles. The van der Waals surface area contributed by atoms with Crippen LogP contribution in [0.4, 0.5) is 0 Å². The average Bonchev–Trinajstić information content (AvgIpc) is 3.06. The minimum absolute atomic E-state index is 0.697. The molecule has 1 aromatic carbocycles. The summed E-state index contributed by atoms with van der Waals surface area (Å²) in [5, 5.41) is 11.9. The van der Waals surface area contributed by atoms with Crippen molar-refractivity contribution in [1.82, 2.24) is 19.5 Å². The fourth-order valence-corrected chi connectivity index (χ4v) is 4.09. The lowest BCUT2D eigenvalue weighted by atomic mass is 10.0. The summed E-state index contributed by atoms with van der Waals surface area (Å²) < 4.78 is 2.03. The van der Waals surface area contributed by atoms with Crippen molar-refractivity contribution in [1.29, 1.82) is 0 Å². The lowest BCUT2D eigenvalue weighted by Crippen LogP contribution is -2.15. The molecule has 30 heavy (non-hydrogen) atoms. The summed E-state index contributed by atoms with van der Waals surface area (Å²) in [4.78, 5) is 15.0. The van der Waals surface area contributed by atoms with Crippen molar-refractivity contribution in [3.05, 3.63) is 77.6 Å². The zero-order valence-electron chi connectivity index (χ0n) is 16.9. The highest BCUT2D eigenvalue weighted by atomic mass is 35.5. The number of benzene rings is 1. The van der Waals surface area contributed by atoms with E-state index in [1.807, 2.05) is 66.2 Å². The molecule has 0 radical (unpaired) electrons. The quantitative estimate of drug-likeness (QED) is 0.442. The molecule has 0 amide bonds. The zero-order chi connectivity index (χ0) is 21.3. The van der Waals surface area contributed by atoms with Gasteiger partial charge in [0.25, 0.3) is 0 Å². The first kappa shape index (κ1) is 20.6. The van der Waals surface area contributed by atoms with Gasteiger partial charge in [-0.15, -0.1) is 0 Å². The van der Waals surface area contributed by atoms with Gasteiger partial charge in [-0.2, -0.15) is 0 Å². The molecule has 3 aromatic heterocycles. The van der Waals surface area contributed by atoms with Crippen molar-refractivity contribution < 1.29 is 5.11 Å². The molecule has 0 spiro atoms. The molecular weight excluding hydrogens is 416 g/mol. The smallest absolute Gasteiger partial charge is 0.160 e. The van der Waals surface area contributed by atoms with Crippen LogP contribution in [-0.2, 0) is 12.6 Å². The lowest BCUT2D eigenvalue weighted by molar-refractivity contribution is 0.0782. The Hall–Kier alpha value is -2.67. The topological polar surface area (TPSA) is 63.8 Å². The molecule has 1 N–H and O–H groups in total. The van der Waals surface area contributed by atoms with E-state index in [2.05, 4.69) is 9.97 Å². The van der Waals surface area contributed by atoms with Crippen LogP contribution in [0.25, 0.3) is 22.9 Å². The van der Waals surface area contributed by atoms with Crippen molar-refractivity contribution in [2.45, 2.75) is 29.4 Å². The fraction of sp³-hybridized carbons (Fsp3) is 0.174. The van der Waals surface area contributed by atoms with Gasteiger partial charge in [0.15, 0.2) is 5.82 Å². The van der Waals surface area contributed by atoms with Gasteiger partial charge in [-0.05, 0) is 56.3 Å². The van der Waals surface area contributed by atoms with Crippen LogP contribution >= 0.6 is 23.4 Å². The number of halogens is 1. The van der Waals surface area contributed by atoms with Gasteiger partial charge in [-0.1, -0.05) is 35.5 Å². The molecule has 3 heterocycles. The first-order valence-corrected chi connectivity index (χ1v) is 10.6. The van der Waals surface area contributed by atoms with E-state index in [4.69, 9.17) is 16.6 Å². The monoisotopic (exact) mass is 436 g/mol. The van der Waals surface area contributed by atoms with E-state index in [0.717, 1.165) is 38.4 Å². The van der Waals surface area contributed by atoms with E-state index >= 15 is 0 Å². The van der Waals surface area contributed by atoms with Crippen LogP contribution in [0.3, 0.4) is 0 Å². The van der Waals surface area contributed by atoms with Gasteiger partial charge >= 0.3 is 0 Å².